The maximum Gasteiger partial charge on any atom is 0.238 e. The number of nitrogens with zero attached hydrogens (tertiary/aromatic N) is 1. The van der Waals surface area contributed by atoms with Gasteiger partial charge in [0.15, 0.2) is 0 Å². The fourth-order valence-electron chi connectivity index (χ4n) is 6.42. The molecule has 3 aromatic carbocycles. The van der Waals surface area contributed by atoms with Crippen molar-refractivity contribution in [2.45, 2.75) is 24.7 Å². The second kappa shape index (κ2) is 5.61. The van der Waals surface area contributed by atoms with Crippen LogP contribution >= 0.6 is 11.6 Å². The van der Waals surface area contributed by atoms with Crippen molar-refractivity contribution < 1.29 is 9.59 Å². The second-order valence-corrected chi connectivity index (χ2v) is 9.38. The number of hydrogen-bond donors (Lipinski definition) is 0. The lowest BCUT2D eigenvalue weighted by molar-refractivity contribution is -0.124. The average Bonchev–Trinajstić information content (AvgIpc) is 3.04. The standard InChI is InChI=1S/C26H20ClNO2/c1-25-17-7-3-5-9-19(17)26(2,20-10-6-4-8-18(20)25)22-21(25)23(29)28(24(22)30)16-13-11-15(27)12-14-16/h3-14,21-22H,1-2H3/t21-,22-,25?,26?/m0/s1. The van der Waals surface area contributed by atoms with Gasteiger partial charge in [-0.05, 0) is 46.5 Å². The van der Waals surface area contributed by atoms with E-state index in [4.69, 9.17) is 11.6 Å². The molecular formula is C26H20ClNO2. The lowest BCUT2D eigenvalue weighted by atomic mass is 9.42. The number of carbonyl (C=O) groups is 2. The van der Waals surface area contributed by atoms with Crippen LogP contribution in [-0.4, -0.2) is 11.8 Å². The fraction of sp³-hybridized carbons (Fsp3) is 0.231. The van der Waals surface area contributed by atoms with Gasteiger partial charge in [-0.15, -0.1) is 0 Å². The Labute approximate surface area is 180 Å². The van der Waals surface area contributed by atoms with Crippen molar-refractivity contribution in [1.82, 2.24) is 0 Å². The predicted molar refractivity (Wildman–Crippen MR) is 117 cm³/mol. The molecule has 1 fully saturated rings. The summed E-state index contributed by atoms with van der Waals surface area (Å²) < 4.78 is 0. The van der Waals surface area contributed by atoms with E-state index in [1.54, 1.807) is 24.3 Å². The van der Waals surface area contributed by atoms with Crippen LogP contribution in [-0.2, 0) is 20.4 Å². The molecule has 1 saturated heterocycles. The normalized spacial score (nSPS) is 30.8. The summed E-state index contributed by atoms with van der Waals surface area (Å²) >= 11 is 6.05. The van der Waals surface area contributed by atoms with Gasteiger partial charge in [0, 0.05) is 15.9 Å². The molecule has 1 heterocycles. The van der Waals surface area contributed by atoms with E-state index in [2.05, 4.69) is 38.1 Å². The highest BCUT2D eigenvalue weighted by Gasteiger charge is 2.70. The highest BCUT2D eigenvalue weighted by molar-refractivity contribution is 6.31. The molecule has 2 atom stereocenters. The fourth-order valence-corrected chi connectivity index (χ4v) is 6.54. The molecule has 0 unspecified atom stereocenters. The maximum absolute atomic E-state index is 13.9. The quantitative estimate of drug-likeness (QED) is 0.521. The summed E-state index contributed by atoms with van der Waals surface area (Å²) in [5.41, 5.74) is 4.12. The van der Waals surface area contributed by atoms with Gasteiger partial charge in [0.1, 0.15) is 0 Å². The van der Waals surface area contributed by atoms with Crippen LogP contribution in [0.3, 0.4) is 0 Å². The van der Waals surface area contributed by atoms with Gasteiger partial charge in [-0.2, -0.15) is 0 Å². The monoisotopic (exact) mass is 413 g/mol. The van der Waals surface area contributed by atoms with E-state index in [9.17, 15) is 9.59 Å². The minimum absolute atomic E-state index is 0.120. The molecule has 7 rings (SSSR count). The molecule has 1 aliphatic heterocycles. The van der Waals surface area contributed by atoms with Crippen LogP contribution in [0.25, 0.3) is 0 Å². The Morgan fingerprint density at radius 1 is 0.667 bits per heavy atom. The Hall–Kier alpha value is -2.91. The van der Waals surface area contributed by atoms with Crippen LogP contribution in [0.15, 0.2) is 72.8 Å². The summed E-state index contributed by atoms with van der Waals surface area (Å²) in [4.78, 5) is 29.1. The first-order valence-electron chi connectivity index (χ1n) is 10.2. The van der Waals surface area contributed by atoms with Crippen molar-refractivity contribution in [3.05, 3.63) is 100 Å². The summed E-state index contributed by atoms with van der Waals surface area (Å²) in [7, 11) is 0. The van der Waals surface area contributed by atoms with Crippen molar-refractivity contribution in [2.75, 3.05) is 4.90 Å². The molecule has 4 aliphatic rings. The van der Waals surface area contributed by atoms with Gasteiger partial charge in [-0.25, -0.2) is 4.90 Å². The zero-order chi connectivity index (χ0) is 20.8. The molecule has 3 aromatic rings. The van der Waals surface area contributed by atoms with E-state index in [1.165, 1.54) is 4.90 Å². The van der Waals surface area contributed by atoms with Crippen molar-refractivity contribution in [3.8, 4) is 0 Å². The Bertz CT molecular complexity index is 1120. The Balaban J connectivity index is 1.66. The number of carbonyl (C=O) groups excluding carboxylic acids is 2. The molecule has 148 valence electrons. The van der Waals surface area contributed by atoms with Crippen molar-refractivity contribution in [3.63, 3.8) is 0 Å². The van der Waals surface area contributed by atoms with Gasteiger partial charge in [0.2, 0.25) is 11.8 Å². The summed E-state index contributed by atoms with van der Waals surface area (Å²) in [6.07, 6.45) is 0. The van der Waals surface area contributed by atoms with Crippen molar-refractivity contribution in [2.24, 2.45) is 11.8 Å². The third-order valence-electron chi connectivity index (χ3n) is 7.73. The number of halogens is 1. The van der Waals surface area contributed by atoms with Crippen LogP contribution in [0.1, 0.15) is 36.1 Å². The molecule has 0 spiro atoms. The predicted octanol–water partition coefficient (Wildman–Crippen LogP) is 5.08. The first-order valence-corrected chi connectivity index (χ1v) is 10.6. The summed E-state index contributed by atoms with van der Waals surface area (Å²) in [6.45, 7) is 4.27. The van der Waals surface area contributed by atoms with E-state index in [1.807, 2.05) is 24.3 Å². The first kappa shape index (κ1) is 17.9. The van der Waals surface area contributed by atoms with Crippen LogP contribution in [0.2, 0.25) is 5.02 Å². The van der Waals surface area contributed by atoms with E-state index in [0.29, 0.717) is 10.7 Å². The SMILES string of the molecule is CC12c3ccccc3C(C)(c3ccccc31)[C@@H]1C(=O)N(c3ccc(Cl)cc3)C(=O)[C@H]12. The number of rotatable bonds is 1. The lowest BCUT2D eigenvalue weighted by Crippen LogP contribution is -2.59. The second-order valence-electron chi connectivity index (χ2n) is 8.94. The molecule has 2 amide bonds. The number of benzene rings is 3. The van der Waals surface area contributed by atoms with Gasteiger partial charge < -0.3 is 0 Å². The zero-order valence-electron chi connectivity index (χ0n) is 16.7. The molecular weight excluding hydrogens is 394 g/mol. The molecule has 0 N–H and O–H groups in total. The summed E-state index contributed by atoms with van der Waals surface area (Å²) in [6, 6.07) is 23.6. The van der Waals surface area contributed by atoms with Crippen molar-refractivity contribution >= 4 is 29.1 Å². The number of amides is 2. The highest BCUT2D eigenvalue weighted by Crippen LogP contribution is 2.66. The summed E-state index contributed by atoms with van der Waals surface area (Å²) in [5.74, 6) is -1.11. The van der Waals surface area contributed by atoms with Crippen LogP contribution in [0, 0.1) is 11.8 Å². The third-order valence-corrected chi connectivity index (χ3v) is 7.98. The van der Waals surface area contributed by atoms with E-state index in [0.717, 1.165) is 22.3 Å². The molecule has 4 heteroatoms. The molecule has 0 radical (unpaired) electrons. The third kappa shape index (κ3) is 1.83. The Morgan fingerprint density at radius 2 is 1.03 bits per heavy atom. The molecule has 3 nitrogen and oxygen atoms in total. The van der Waals surface area contributed by atoms with Crippen molar-refractivity contribution in [1.29, 1.82) is 0 Å². The molecule has 0 aromatic heterocycles. The number of hydrogen-bond acceptors (Lipinski definition) is 2. The van der Waals surface area contributed by atoms with Gasteiger partial charge in [0.05, 0.1) is 17.5 Å². The minimum atomic E-state index is -0.552. The van der Waals surface area contributed by atoms with E-state index in [-0.39, 0.29) is 11.8 Å². The van der Waals surface area contributed by atoms with Gasteiger partial charge in [-0.1, -0.05) is 74.0 Å². The first-order chi connectivity index (χ1) is 14.4. The van der Waals surface area contributed by atoms with E-state index < -0.39 is 22.7 Å². The Morgan fingerprint density at radius 3 is 1.40 bits per heavy atom. The van der Waals surface area contributed by atoms with Gasteiger partial charge in [-0.3, -0.25) is 9.59 Å². The molecule has 2 bridgehead atoms. The van der Waals surface area contributed by atoms with Crippen LogP contribution in [0.5, 0.6) is 0 Å². The zero-order valence-corrected chi connectivity index (χ0v) is 17.5. The van der Waals surface area contributed by atoms with Gasteiger partial charge >= 0.3 is 0 Å². The van der Waals surface area contributed by atoms with Gasteiger partial charge in [0.25, 0.3) is 0 Å². The topological polar surface area (TPSA) is 37.4 Å². The summed E-state index contributed by atoms with van der Waals surface area (Å²) in [5, 5.41) is 0.578. The molecule has 30 heavy (non-hydrogen) atoms. The smallest absolute Gasteiger partial charge is 0.238 e. The van der Waals surface area contributed by atoms with Crippen LogP contribution < -0.4 is 4.90 Å². The highest BCUT2D eigenvalue weighted by atomic mass is 35.5. The number of anilines is 1. The average molecular weight is 414 g/mol. The maximum atomic E-state index is 13.9. The largest absolute Gasteiger partial charge is 0.274 e. The van der Waals surface area contributed by atoms with E-state index >= 15 is 0 Å². The lowest BCUT2D eigenvalue weighted by Gasteiger charge is -2.57. The Kier molecular flexibility index (Phi) is 3.35. The molecule has 0 saturated carbocycles. The molecule has 3 aliphatic carbocycles. The number of imide groups is 1. The van der Waals surface area contributed by atoms with Crippen LogP contribution in [0.4, 0.5) is 5.69 Å². The minimum Gasteiger partial charge on any atom is -0.274 e.